The van der Waals surface area contributed by atoms with Crippen molar-refractivity contribution in [2.45, 2.75) is 6.42 Å². The molecule has 1 aromatic carbocycles. The molecule has 0 atom stereocenters. The molecule has 1 aromatic heterocycles. The van der Waals surface area contributed by atoms with Crippen molar-refractivity contribution >= 4 is 33.2 Å². The third-order valence-electron chi connectivity index (χ3n) is 2.12. The summed E-state index contributed by atoms with van der Waals surface area (Å²) in [6.45, 7) is 0. The summed E-state index contributed by atoms with van der Waals surface area (Å²) >= 11 is 3.95. The fourth-order valence-corrected chi connectivity index (χ4v) is 2.10. The van der Waals surface area contributed by atoms with E-state index in [0.717, 1.165) is 17.6 Å². The second kappa shape index (κ2) is 4.97. The van der Waals surface area contributed by atoms with Gasteiger partial charge < -0.3 is 0 Å². The zero-order valence-corrected chi connectivity index (χ0v) is 10.7. The fraction of sp³-hybridized carbons (Fsp3) is 0.100. The van der Waals surface area contributed by atoms with Crippen LogP contribution in [0.5, 0.6) is 0 Å². The molecule has 0 fully saturated rings. The molecule has 0 bridgehead atoms. The van der Waals surface area contributed by atoms with Crippen molar-refractivity contribution in [2.24, 2.45) is 0 Å². The molecule has 0 spiro atoms. The van der Waals surface area contributed by atoms with Gasteiger partial charge in [0.1, 0.15) is 17.3 Å². The Hall–Kier alpha value is -1.21. The van der Waals surface area contributed by atoms with Crippen LogP contribution in [0.4, 0.5) is 8.78 Å². The van der Waals surface area contributed by atoms with Gasteiger partial charge in [-0.1, -0.05) is 4.49 Å². The number of carbonyl (C=O) groups excluding carboxylic acids is 1. The van der Waals surface area contributed by atoms with Crippen LogP contribution in [0.15, 0.2) is 22.0 Å². The van der Waals surface area contributed by atoms with Crippen LogP contribution in [-0.2, 0) is 6.42 Å². The van der Waals surface area contributed by atoms with Gasteiger partial charge in [0.25, 0.3) is 0 Å². The SMILES string of the molecule is O=C(Cc1c(F)ccc(Br)c1F)c1csnn1. The zero-order chi connectivity index (χ0) is 12.4. The number of halogens is 3. The van der Waals surface area contributed by atoms with Gasteiger partial charge in [-0.05, 0) is 39.6 Å². The van der Waals surface area contributed by atoms with Crippen molar-refractivity contribution in [2.75, 3.05) is 0 Å². The molecular formula is C10H5BrF2N2OS. The smallest absolute Gasteiger partial charge is 0.188 e. The first-order valence-corrected chi connectivity index (χ1v) is 6.15. The highest BCUT2D eigenvalue weighted by molar-refractivity contribution is 9.10. The monoisotopic (exact) mass is 318 g/mol. The van der Waals surface area contributed by atoms with Crippen LogP contribution in [0.3, 0.4) is 0 Å². The highest BCUT2D eigenvalue weighted by Crippen LogP contribution is 2.22. The lowest BCUT2D eigenvalue weighted by atomic mass is 10.1. The van der Waals surface area contributed by atoms with Gasteiger partial charge in [-0.25, -0.2) is 8.78 Å². The van der Waals surface area contributed by atoms with E-state index in [-0.39, 0.29) is 22.2 Å². The summed E-state index contributed by atoms with van der Waals surface area (Å²) in [4.78, 5) is 11.6. The molecule has 3 nitrogen and oxygen atoms in total. The van der Waals surface area contributed by atoms with Crippen molar-refractivity contribution < 1.29 is 13.6 Å². The predicted octanol–water partition coefficient (Wildman–Crippen LogP) is 3.00. The van der Waals surface area contributed by atoms with E-state index in [0.29, 0.717) is 0 Å². The molecule has 0 aliphatic heterocycles. The first-order valence-electron chi connectivity index (χ1n) is 4.52. The van der Waals surface area contributed by atoms with Crippen LogP contribution < -0.4 is 0 Å². The number of carbonyl (C=O) groups is 1. The Bertz CT molecular complexity index is 560. The summed E-state index contributed by atoms with van der Waals surface area (Å²) in [5.74, 6) is -1.97. The van der Waals surface area contributed by atoms with Gasteiger partial charge in [-0.3, -0.25) is 4.79 Å². The van der Waals surface area contributed by atoms with E-state index >= 15 is 0 Å². The van der Waals surface area contributed by atoms with Gasteiger partial charge in [0.05, 0.1) is 4.47 Å². The Balaban J connectivity index is 2.31. The van der Waals surface area contributed by atoms with Gasteiger partial charge in [0.15, 0.2) is 5.78 Å². The molecule has 88 valence electrons. The Morgan fingerprint density at radius 2 is 2.18 bits per heavy atom. The summed E-state index contributed by atoms with van der Waals surface area (Å²) in [7, 11) is 0. The maximum absolute atomic E-state index is 13.6. The molecule has 7 heteroatoms. The predicted molar refractivity (Wildman–Crippen MR) is 62.0 cm³/mol. The first-order chi connectivity index (χ1) is 8.09. The number of Topliss-reactive ketones (excluding diaryl/α,β-unsaturated/α-hetero) is 1. The van der Waals surface area contributed by atoms with Gasteiger partial charge in [0, 0.05) is 17.4 Å². The molecule has 0 radical (unpaired) electrons. The fourth-order valence-electron chi connectivity index (χ4n) is 1.27. The van der Waals surface area contributed by atoms with E-state index in [1.165, 1.54) is 11.4 Å². The van der Waals surface area contributed by atoms with E-state index in [2.05, 4.69) is 25.5 Å². The number of aromatic nitrogens is 2. The Morgan fingerprint density at radius 1 is 1.41 bits per heavy atom. The van der Waals surface area contributed by atoms with Crippen LogP contribution in [0.25, 0.3) is 0 Å². The normalized spacial score (nSPS) is 10.5. The van der Waals surface area contributed by atoms with E-state index in [4.69, 9.17) is 0 Å². The Kier molecular flexibility index (Phi) is 3.58. The third-order valence-corrected chi connectivity index (χ3v) is 3.24. The van der Waals surface area contributed by atoms with Crippen molar-refractivity contribution in [3.8, 4) is 0 Å². The summed E-state index contributed by atoms with van der Waals surface area (Å²) < 4.78 is 30.6. The summed E-state index contributed by atoms with van der Waals surface area (Å²) in [6, 6.07) is 2.36. The van der Waals surface area contributed by atoms with Crippen molar-refractivity contribution in [3.05, 3.63) is 44.9 Å². The van der Waals surface area contributed by atoms with E-state index in [1.807, 2.05) is 0 Å². The minimum Gasteiger partial charge on any atom is -0.292 e. The standard InChI is InChI=1S/C10H5BrF2N2OS/c11-6-1-2-7(12)5(10(6)13)3-9(16)8-4-17-15-14-8/h1-2,4H,3H2. The molecule has 0 N–H and O–H groups in total. The van der Waals surface area contributed by atoms with Crippen molar-refractivity contribution in [1.82, 2.24) is 9.59 Å². The highest BCUT2D eigenvalue weighted by Gasteiger charge is 2.18. The number of hydrogen-bond acceptors (Lipinski definition) is 4. The zero-order valence-electron chi connectivity index (χ0n) is 8.28. The maximum atomic E-state index is 13.6. The van der Waals surface area contributed by atoms with Gasteiger partial charge in [-0.15, -0.1) is 5.10 Å². The van der Waals surface area contributed by atoms with Crippen LogP contribution >= 0.6 is 27.5 Å². The minimum atomic E-state index is -0.762. The largest absolute Gasteiger partial charge is 0.292 e. The molecule has 1 heterocycles. The van der Waals surface area contributed by atoms with Crippen molar-refractivity contribution in [3.63, 3.8) is 0 Å². The molecule has 0 amide bonds. The van der Waals surface area contributed by atoms with Crippen LogP contribution in [0, 0.1) is 11.6 Å². The van der Waals surface area contributed by atoms with Gasteiger partial charge in [0.2, 0.25) is 0 Å². The average Bonchev–Trinajstić information content (AvgIpc) is 2.83. The number of hydrogen-bond donors (Lipinski definition) is 0. The lowest BCUT2D eigenvalue weighted by molar-refractivity contribution is 0.0985. The molecule has 2 rings (SSSR count). The second-order valence-electron chi connectivity index (χ2n) is 3.21. The van der Waals surface area contributed by atoms with Crippen LogP contribution in [0.1, 0.15) is 16.1 Å². The lowest BCUT2D eigenvalue weighted by Crippen LogP contribution is -2.08. The molecule has 0 saturated carbocycles. The van der Waals surface area contributed by atoms with Gasteiger partial charge >= 0.3 is 0 Å². The van der Waals surface area contributed by atoms with E-state index in [1.54, 1.807) is 0 Å². The number of ketones is 1. The van der Waals surface area contributed by atoms with E-state index < -0.39 is 17.4 Å². The topological polar surface area (TPSA) is 42.9 Å². The van der Waals surface area contributed by atoms with Crippen molar-refractivity contribution in [1.29, 1.82) is 0 Å². The summed E-state index contributed by atoms with van der Waals surface area (Å²) in [5, 5.41) is 5.00. The summed E-state index contributed by atoms with van der Waals surface area (Å²) in [6.07, 6.45) is -0.373. The number of nitrogens with zero attached hydrogens (tertiary/aromatic N) is 2. The number of benzene rings is 1. The van der Waals surface area contributed by atoms with E-state index in [9.17, 15) is 13.6 Å². The molecule has 0 saturated heterocycles. The molecular weight excluding hydrogens is 314 g/mol. The van der Waals surface area contributed by atoms with Crippen LogP contribution in [0.2, 0.25) is 0 Å². The summed E-state index contributed by atoms with van der Waals surface area (Å²) in [5.41, 5.74) is -0.147. The second-order valence-corrected chi connectivity index (χ2v) is 4.68. The Labute approximate surface area is 108 Å². The molecule has 0 aliphatic rings. The molecule has 0 aliphatic carbocycles. The lowest BCUT2D eigenvalue weighted by Gasteiger charge is -2.04. The average molecular weight is 319 g/mol. The molecule has 0 unspecified atom stereocenters. The minimum absolute atomic E-state index is 0.119. The number of rotatable bonds is 3. The molecule has 17 heavy (non-hydrogen) atoms. The molecule has 2 aromatic rings. The Morgan fingerprint density at radius 3 is 2.82 bits per heavy atom. The van der Waals surface area contributed by atoms with Crippen LogP contribution in [-0.4, -0.2) is 15.4 Å². The maximum Gasteiger partial charge on any atom is 0.188 e. The quantitative estimate of drug-likeness (QED) is 0.645. The first kappa shape index (κ1) is 12.3. The van der Waals surface area contributed by atoms with Gasteiger partial charge in [-0.2, -0.15) is 0 Å². The highest BCUT2D eigenvalue weighted by atomic mass is 79.9. The third kappa shape index (κ3) is 2.55.